The standard InChI is InChI=1S/C18H15ClN2/c19-15-4-3-12-9-17(11-14(12)8-15)21-16-5-6-18-13(10-16)2-1-7-20-18/h1-8,10,17,21H,9,11H2. The molecule has 1 aliphatic carbocycles. The van der Waals surface area contributed by atoms with Crippen molar-refractivity contribution in [3.05, 3.63) is 70.9 Å². The zero-order valence-corrected chi connectivity index (χ0v) is 12.3. The molecule has 3 heteroatoms. The minimum Gasteiger partial charge on any atom is -0.382 e. The predicted molar refractivity (Wildman–Crippen MR) is 88.0 cm³/mol. The number of halogens is 1. The Morgan fingerprint density at radius 2 is 1.90 bits per heavy atom. The molecule has 2 aromatic carbocycles. The van der Waals surface area contributed by atoms with Gasteiger partial charge in [-0.25, -0.2) is 0 Å². The van der Waals surface area contributed by atoms with E-state index in [0.717, 1.165) is 29.1 Å². The number of nitrogens with zero attached hydrogens (tertiary/aromatic N) is 1. The molecule has 1 aromatic heterocycles. The summed E-state index contributed by atoms with van der Waals surface area (Å²) in [6, 6.07) is 17.0. The van der Waals surface area contributed by atoms with Gasteiger partial charge in [-0.05, 0) is 60.4 Å². The molecule has 1 N–H and O–H groups in total. The first-order valence-corrected chi connectivity index (χ1v) is 7.54. The van der Waals surface area contributed by atoms with Crippen LogP contribution < -0.4 is 5.32 Å². The molecular weight excluding hydrogens is 280 g/mol. The molecule has 1 aliphatic rings. The average molecular weight is 295 g/mol. The minimum absolute atomic E-state index is 0.438. The second-order valence-electron chi connectivity index (χ2n) is 5.57. The van der Waals surface area contributed by atoms with Gasteiger partial charge in [0.15, 0.2) is 0 Å². The topological polar surface area (TPSA) is 24.9 Å². The summed E-state index contributed by atoms with van der Waals surface area (Å²) in [7, 11) is 0. The van der Waals surface area contributed by atoms with E-state index in [0.29, 0.717) is 6.04 Å². The van der Waals surface area contributed by atoms with Gasteiger partial charge in [0.1, 0.15) is 0 Å². The lowest BCUT2D eigenvalue weighted by Gasteiger charge is -2.14. The summed E-state index contributed by atoms with van der Waals surface area (Å²) < 4.78 is 0. The number of benzene rings is 2. The van der Waals surface area contributed by atoms with Crippen molar-refractivity contribution >= 4 is 28.2 Å². The lowest BCUT2D eigenvalue weighted by atomic mass is 10.1. The van der Waals surface area contributed by atoms with Crippen LogP contribution in [0.3, 0.4) is 0 Å². The highest BCUT2D eigenvalue weighted by Gasteiger charge is 2.21. The fourth-order valence-corrected chi connectivity index (χ4v) is 3.28. The van der Waals surface area contributed by atoms with Crippen LogP contribution in [0.1, 0.15) is 11.1 Å². The molecule has 1 heterocycles. The van der Waals surface area contributed by atoms with Gasteiger partial charge in [0.2, 0.25) is 0 Å². The average Bonchev–Trinajstić information content (AvgIpc) is 2.88. The summed E-state index contributed by atoms with van der Waals surface area (Å²) in [6.07, 6.45) is 3.91. The third-order valence-electron chi connectivity index (χ3n) is 4.07. The summed E-state index contributed by atoms with van der Waals surface area (Å²) >= 11 is 6.07. The van der Waals surface area contributed by atoms with Gasteiger partial charge < -0.3 is 5.32 Å². The van der Waals surface area contributed by atoms with Crippen LogP contribution in [0.15, 0.2) is 54.7 Å². The summed E-state index contributed by atoms with van der Waals surface area (Å²) in [4.78, 5) is 4.35. The van der Waals surface area contributed by atoms with Crippen LogP contribution in [0.2, 0.25) is 5.02 Å². The maximum Gasteiger partial charge on any atom is 0.0703 e. The summed E-state index contributed by atoms with van der Waals surface area (Å²) in [5.41, 5.74) is 4.95. The molecule has 3 aromatic rings. The van der Waals surface area contributed by atoms with E-state index in [1.165, 1.54) is 16.5 Å². The van der Waals surface area contributed by atoms with Crippen molar-refractivity contribution < 1.29 is 0 Å². The Labute approximate surface area is 128 Å². The van der Waals surface area contributed by atoms with E-state index in [1.54, 1.807) is 0 Å². The van der Waals surface area contributed by atoms with Gasteiger partial charge in [-0.1, -0.05) is 23.7 Å². The van der Waals surface area contributed by atoms with Crippen LogP contribution in [0.5, 0.6) is 0 Å². The van der Waals surface area contributed by atoms with E-state index >= 15 is 0 Å². The Morgan fingerprint density at radius 1 is 1.00 bits per heavy atom. The third kappa shape index (κ3) is 2.47. The first-order valence-electron chi connectivity index (χ1n) is 7.16. The van der Waals surface area contributed by atoms with Gasteiger partial charge >= 0.3 is 0 Å². The molecular formula is C18H15ClN2. The molecule has 0 saturated carbocycles. The zero-order valence-electron chi connectivity index (χ0n) is 11.5. The molecule has 0 amide bonds. The first-order chi connectivity index (χ1) is 10.3. The van der Waals surface area contributed by atoms with Gasteiger partial charge in [0.05, 0.1) is 5.52 Å². The SMILES string of the molecule is Clc1ccc2c(c1)CC(Nc1ccc3ncccc3c1)C2. The molecule has 0 spiro atoms. The lowest BCUT2D eigenvalue weighted by molar-refractivity contribution is 0.774. The lowest BCUT2D eigenvalue weighted by Crippen LogP contribution is -2.19. The smallest absolute Gasteiger partial charge is 0.0703 e. The highest BCUT2D eigenvalue weighted by Crippen LogP contribution is 2.28. The molecule has 0 saturated heterocycles. The van der Waals surface area contributed by atoms with Crippen molar-refractivity contribution in [3.63, 3.8) is 0 Å². The molecule has 4 rings (SSSR count). The Balaban J connectivity index is 1.56. The number of rotatable bonds is 2. The third-order valence-corrected chi connectivity index (χ3v) is 4.31. The fourth-order valence-electron chi connectivity index (χ4n) is 3.09. The van der Waals surface area contributed by atoms with Gasteiger partial charge in [0.25, 0.3) is 0 Å². The van der Waals surface area contributed by atoms with Gasteiger partial charge in [0, 0.05) is 28.3 Å². The second kappa shape index (κ2) is 5.05. The number of aromatic nitrogens is 1. The first kappa shape index (κ1) is 12.7. The second-order valence-corrected chi connectivity index (χ2v) is 6.01. The van der Waals surface area contributed by atoms with E-state index in [1.807, 2.05) is 18.3 Å². The van der Waals surface area contributed by atoms with Crippen LogP contribution in [-0.2, 0) is 12.8 Å². The number of anilines is 1. The normalized spacial score (nSPS) is 16.9. The maximum absolute atomic E-state index is 6.07. The number of pyridine rings is 1. The van der Waals surface area contributed by atoms with Crippen molar-refractivity contribution in [1.82, 2.24) is 4.98 Å². The molecule has 1 unspecified atom stereocenters. The number of nitrogens with one attached hydrogen (secondary N) is 1. The quantitative estimate of drug-likeness (QED) is 0.754. The molecule has 2 nitrogen and oxygen atoms in total. The maximum atomic E-state index is 6.07. The van der Waals surface area contributed by atoms with Crippen molar-refractivity contribution in [2.45, 2.75) is 18.9 Å². The predicted octanol–water partition coefficient (Wildman–Crippen LogP) is 4.47. The Bertz CT molecular complexity index is 813. The van der Waals surface area contributed by atoms with E-state index in [2.05, 4.69) is 46.7 Å². The molecule has 0 fully saturated rings. The Kier molecular flexibility index (Phi) is 3.04. The van der Waals surface area contributed by atoms with E-state index in [-0.39, 0.29) is 0 Å². The highest BCUT2D eigenvalue weighted by atomic mass is 35.5. The summed E-state index contributed by atoms with van der Waals surface area (Å²) in [5, 5.41) is 5.62. The number of hydrogen-bond acceptors (Lipinski definition) is 2. The molecule has 1 atom stereocenters. The molecule has 104 valence electrons. The Hall–Kier alpha value is -2.06. The highest BCUT2D eigenvalue weighted by molar-refractivity contribution is 6.30. The van der Waals surface area contributed by atoms with Crippen molar-refractivity contribution in [3.8, 4) is 0 Å². The van der Waals surface area contributed by atoms with E-state index in [4.69, 9.17) is 11.6 Å². The van der Waals surface area contributed by atoms with E-state index < -0.39 is 0 Å². The minimum atomic E-state index is 0.438. The molecule has 21 heavy (non-hydrogen) atoms. The monoisotopic (exact) mass is 294 g/mol. The van der Waals surface area contributed by atoms with E-state index in [9.17, 15) is 0 Å². The fraction of sp³-hybridized carbons (Fsp3) is 0.167. The summed E-state index contributed by atoms with van der Waals surface area (Å²) in [6.45, 7) is 0. The van der Waals surface area contributed by atoms with Crippen LogP contribution >= 0.6 is 11.6 Å². The summed E-state index contributed by atoms with van der Waals surface area (Å²) in [5.74, 6) is 0. The van der Waals surface area contributed by atoms with Gasteiger partial charge in [-0.2, -0.15) is 0 Å². The van der Waals surface area contributed by atoms with Crippen LogP contribution in [0, 0.1) is 0 Å². The van der Waals surface area contributed by atoms with Crippen LogP contribution in [-0.4, -0.2) is 11.0 Å². The van der Waals surface area contributed by atoms with Crippen LogP contribution in [0.25, 0.3) is 10.9 Å². The van der Waals surface area contributed by atoms with Crippen LogP contribution in [0.4, 0.5) is 5.69 Å². The van der Waals surface area contributed by atoms with Crippen molar-refractivity contribution in [2.24, 2.45) is 0 Å². The van der Waals surface area contributed by atoms with Crippen molar-refractivity contribution in [2.75, 3.05) is 5.32 Å². The zero-order chi connectivity index (χ0) is 14.2. The Morgan fingerprint density at radius 3 is 2.86 bits per heavy atom. The largest absolute Gasteiger partial charge is 0.382 e. The molecule has 0 radical (unpaired) electrons. The number of hydrogen-bond donors (Lipinski definition) is 1. The number of fused-ring (bicyclic) bond motifs is 2. The molecule has 0 bridgehead atoms. The van der Waals surface area contributed by atoms with Crippen molar-refractivity contribution in [1.29, 1.82) is 0 Å². The van der Waals surface area contributed by atoms with Gasteiger partial charge in [-0.3, -0.25) is 4.98 Å². The van der Waals surface area contributed by atoms with Gasteiger partial charge in [-0.15, -0.1) is 0 Å². The molecule has 0 aliphatic heterocycles.